The monoisotopic (exact) mass is 198 g/mol. The van der Waals surface area contributed by atoms with Gasteiger partial charge in [-0.3, -0.25) is 0 Å². The van der Waals surface area contributed by atoms with E-state index in [-0.39, 0.29) is 0 Å². The molecule has 3 heteroatoms. The molecule has 0 aromatic heterocycles. The van der Waals surface area contributed by atoms with E-state index < -0.39 is 5.31 Å². The van der Waals surface area contributed by atoms with E-state index in [0.29, 0.717) is 0 Å². The topological polar surface area (TPSA) is 0 Å². The third kappa shape index (κ3) is 1.87. The first-order valence-corrected chi connectivity index (χ1v) is 8.16. The first kappa shape index (κ1) is 8.84. The molecule has 0 aromatic carbocycles. The molecule has 1 aliphatic rings. The number of hydrogen-bond acceptors (Lipinski definition) is 0. The molecule has 10 heavy (non-hydrogen) atoms. The van der Waals surface area contributed by atoms with Crippen molar-refractivity contribution < 1.29 is 0 Å². The summed E-state index contributed by atoms with van der Waals surface area (Å²) in [7, 11) is 0. The predicted octanol–water partition coefficient (Wildman–Crippen LogP) is 4.17. The molecule has 0 unspecified atom stereocenters. The Morgan fingerprint density at radius 2 is 2.20 bits per heavy atom. The van der Waals surface area contributed by atoms with Crippen molar-refractivity contribution in [3.8, 4) is 0 Å². The van der Waals surface area contributed by atoms with Crippen molar-refractivity contribution >= 4 is 27.8 Å². The van der Waals surface area contributed by atoms with E-state index >= 15 is 0 Å². The third-order valence-corrected chi connectivity index (χ3v) is 7.95. The summed E-state index contributed by atoms with van der Waals surface area (Å²) in [5.74, 6) is 2.07. The third-order valence-electron chi connectivity index (χ3n) is 1.86. The normalized spacial score (nSPS) is 31.3. The second kappa shape index (κ2) is 2.66. The van der Waals surface area contributed by atoms with Crippen LogP contribution in [0, 0.1) is 0 Å². The van der Waals surface area contributed by atoms with E-state index in [9.17, 15) is 0 Å². The van der Waals surface area contributed by atoms with E-state index in [1.54, 1.807) is 0 Å². The van der Waals surface area contributed by atoms with Gasteiger partial charge in [0.25, 0.3) is 0 Å². The van der Waals surface area contributed by atoms with Gasteiger partial charge in [-0.25, -0.2) is 0 Å². The molecule has 0 aromatic rings. The van der Waals surface area contributed by atoms with Crippen LogP contribution in [-0.2, 0) is 0 Å². The SMILES string of the molecule is CCCP1(Cl)(Cl)C=CCC1. The number of allylic oxidation sites excluding steroid dienone is 1. The van der Waals surface area contributed by atoms with Crippen molar-refractivity contribution in [3.63, 3.8) is 0 Å². The first-order chi connectivity index (χ1) is 4.55. The molecule has 0 saturated carbocycles. The molecule has 60 valence electrons. The van der Waals surface area contributed by atoms with Crippen LogP contribution >= 0.6 is 27.8 Å². The van der Waals surface area contributed by atoms with Crippen molar-refractivity contribution in [1.82, 2.24) is 0 Å². The van der Waals surface area contributed by atoms with Gasteiger partial charge in [0.05, 0.1) is 0 Å². The summed E-state index contributed by atoms with van der Waals surface area (Å²) in [5.41, 5.74) is 0. The van der Waals surface area contributed by atoms with Gasteiger partial charge in [-0.15, -0.1) is 0 Å². The summed E-state index contributed by atoms with van der Waals surface area (Å²) >= 11 is 12.7. The molecule has 0 spiro atoms. The van der Waals surface area contributed by atoms with Gasteiger partial charge in [-0.1, -0.05) is 0 Å². The molecule has 0 nitrogen and oxygen atoms in total. The fourth-order valence-corrected chi connectivity index (χ4v) is 6.15. The van der Waals surface area contributed by atoms with E-state index in [0.717, 1.165) is 25.2 Å². The zero-order chi connectivity index (χ0) is 7.69. The number of halogens is 2. The number of hydrogen-bond donors (Lipinski definition) is 0. The predicted molar refractivity (Wildman–Crippen MR) is 52.4 cm³/mol. The maximum absolute atomic E-state index is 6.34. The van der Waals surface area contributed by atoms with Crippen LogP contribution in [0.1, 0.15) is 19.8 Å². The van der Waals surface area contributed by atoms with Gasteiger partial charge in [-0.2, -0.15) is 0 Å². The van der Waals surface area contributed by atoms with E-state index in [1.807, 2.05) is 0 Å². The van der Waals surface area contributed by atoms with Gasteiger partial charge >= 0.3 is 71.8 Å². The molecule has 1 rings (SSSR count). The standard InChI is InChI=1S/C7H13Cl2P/c1-2-5-10(8,9)6-3-4-7-10/h3,6H,2,4-5,7H2,1H3. The average molecular weight is 199 g/mol. The van der Waals surface area contributed by atoms with Gasteiger partial charge in [0.2, 0.25) is 0 Å². The second-order valence-electron chi connectivity index (χ2n) is 2.95. The Bertz CT molecular complexity index is 163. The number of rotatable bonds is 2. The zero-order valence-electron chi connectivity index (χ0n) is 6.19. The van der Waals surface area contributed by atoms with Gasteiger partial charge in [0, 0.05) is 0 Å². The Morgan fingerprint density at radius 1 is 1.50 bits per heavy atom. The molecule has 0 saturated heterocycles. The summed E-state index contributed by atoms with van der Waals surface area (Å²) in [4.78, 5) is 0. The van der Waals surface area contributed by atoms with Crippen LogP contribution in [0.5, 0.6) is 0 Å². The van der Waals surface area contributed by atoms with Crippen molar-refractivity contribution in [3.05, 3.63) is 11.9 Å². The van der Waals surface area contributed by atoms with Crippen LogP contribution in [-0.4, -0.2) is 12.3 Å². The van der Waals surface area contributed by atoms with Gasteiger partial charge < -0.3 is 0 Å². The van der Waals surface area contributed by atoms with Crippen LogP contribution in [0.4, 0.5) is 0 Å². The molecule has 1 aliphatic heterocycles. The molecule has 0 fully saturated rings. The maximum atomic E-state index is 6.34. The molecular weight excluding hydrogens is 186 g/mol. The van der Waals surface area contributed by atoms with E-state index in [1.165, 1.54) is 0 Å². The molecule has 0 aliphatic carbocycles. The Labute approximate surface area is 72.1 Å². The fourth-order valence-electron chi connectivity index (χ4n) is 1.36. The molecule has 0 amide bonds. The Hall–Kier alpha value is 0.750. The minimum absolute atomic E-state index is 0.991. The van der Waals surface area contributed by atoms with Crippen LogP contribution in [0.15, 0.2) is 11.9 Å². The van der Waals surface area contributed by atoms with Gasteiger partial charge in [0.1, 0.15) is 0 Å². The summed E-state index contributed by atoms with van der Waals surface area (Å²) in [6, 6.07) is 0. The Kier molecular flexibility index (Phi) is 2.35. The molecule has 0 radical (unpaired) electrons. The van der Waals surface area contributed by atoms with Crippen LogP contribution in [0.25, 0.3) is 0 Å². The molecule has 0 atom stereocenters. The molecular formula is C7H13Cl2P. The van der Waals surface area contributed by atoms with Crippen molar-refractivity contribution in [2.45, 2.75) is 19.8 Å². The van der Waals surface area contributed by atoms with Crippen molar-refractivity contribution in [2.75, 3.05) is 12.3 Å². The van der Waals surface area contributed by atoms with E-state index in [2.05, 4.69) is 18.8 Å². The molecule has 1 heterocycles. The Morgan fingerprint density at radius 3 is 2.60 bits per heavy atom. The van der Waals surface area contributed by atoms with Gasteiger partial charge in [0.15, 0.2) is 0 Å². The summed E-state index contributed by atoms with van der Waals surface area (Å²) in [6.45, 7) is 2.13. The average Bonchev–Trinajstić information content (AvgIpc) is 2.12. The van der Waals surface area contributed by atoms with Crippen molar-refractivity contribution in [2.24, 2.45) is 0 Å². The van der Waals surface area contributed by atoms with Crippen LogP contribution in [0.3, 0.4) is 0 Å². The second-order valence-corrected chi connectivity index (χ2v) is 12.4. The Balaban J connectivity index is 2.70. The van der Waals surface area contributed by atoms with E-state index in [4.69, 9.17) is 22.5 Å². The van der Waals surface area contributed by atoms with Crippen LogP contribution < -0.4 is 0 Å². The first-order valence-electron chi connectivity index (χ1n) is 3.68. The van der Waals surface area contributed by atoms with Crippen LogP contribution in [0.2, 0.25) is 0 Å². The van der Waals surface area contributed by atoms with Crippen molar-refractivity contribution in [1.29, 1.82) is 0 Å². The summed E-state index contributed by atoms with van der Waals surface area (Å²) in [5, 5.41) is -2.28. The molecule has 0 N–H and O–H groups in total. The zero-order valence-corrected chi connectivity index (χ0v) is 8.59. The summed E-state index contributed by atoms with van der Waals surface area (Å²) < 4.78 is 0. The summed E-state index contributed by atoms with van der Waals surface area (Å²) in [6.07, 6.45) is 6.28. The van der Waals surface area contributed by atoms with Gasteiger partial charge in [-0.05, 0) is 0 Å². The quantitative estimate of drug-likeness (QED) is 0.585. The molecule has 0 bridgehead atoms. The fraction of sp³-hybridized carbons (Fsp3) is 0.714. The minimum atomic E-state index is -2.28.